The van der Waals surface area contributed by atoms with Crippen molar-refractivity contribution in [1.29, 1.82) is 0 Å². The first-order chi connectivity index (χ1) is 8.23. The Bertz CT molecular complexity index is 461. The van der Waals surface area contributed by atoms with Crippen LogP contribution in [0, 0.1) is 13.8 Å². The predicted octanol–water partition coefficient (Wildman–Crippen LogP) is 2.67. The van der Waals surface area contributed by atoms with Gasteiger partial charge in [-0.3, -0.25) is 5.10 Å². The second-order valence-electron chi connectivity index (χ2n) is 5.84. The van der Waals surface area contributed by atoms with Crippen LogP contribution in [-0.2, 0) is 9.31 Å². The molecule has 1 aliphatic heterocycles. The van der Waals surface area contributed by atoms with Gasteiger partial charge in [0.1, 0.15) is 0 Å². The zero-order chi connectivity index (χ0) is 13.6. The highest BCUT2D eigenvalue weighted by Gasteiger charge is 2.50. The van der Waals surface area contributed by atoms with E-state index in [9.17, 15) is 0 Å². The third kappa shape index (κ3) is 2.25. The number of nitrogens with one attached hydrogen (secondary N) is 1. The molecule has 2 heterocycles. The van der Waals surface area contributed by atoms with Gasteiger partial charge in [-0.2, -0.15) is 5.10 Å². The fourth-order valence-corrected chi connectivity index (χ4v) is 1.80. The van der Waals surface area contributed by atoms with Gasteiger partial charge >= 0.3 is 7.12 Å². The maximum Gasteiger partial charge on any atom is 0.487 e. The van der Waals surface area contributed by atoms with Gasteiger partial charge in [-0.25, -0.2) is 0 Å². The Balaban J connectivity index is 2.11. The van der Waals surface area contributed by atoms with E-state index in [-0.39, 0.29) is 18.3 Å². The maximum absolute atomic E-state index is 5.89. The van der Waals surface area contributed by atoms with Gasteiger partial charge < -0.3 is 9.31 Å². The van der Waals surface area contributed by atoms with Crippen LogP contribution >= 0.6 is 0 Å². The zero-order valence-corrected chi connectivity index (χ0v) is 12.0. The Morgan fingerprint density at radius 1 is 1.11 bits per heavy atom. The van der Waals surface area contributed by atoms with Crippen LogP contribution < -0.4 is 0 Å². The summed E-state index contributed by atoms with van der Waals surface area (Å²) >= 11 is 0. The third-order valence-electron chi connectivity index (χ3n) is 3.97. The highest BCUT2D eigenvalue weighted by molar-refractivity contribution is 6.52. The highest BCUT2D eigenvalue weighted by atomic mass is 16.7. The summed E-state index contributed by atoms with van der Waals surface area (Å²) < 4.78 is 11.8. The minimum absolute atomic E-state index is 0.293. The Morgan fingerprint density at radius 2 is 1.67 bits per heavy atom. The minimum atomic E-state index is -0.314. The molecule has 2 rings (SSSR count). The lowest BCUT2D eigenvalue weighted by atomic mass is 9.89. The first-order valence-corrected chi connectivity index (χ1v) is 6.28. The SMILES string of the molecule is Cc1[nH]nc(/C=C/B2OC(C)(C)C(C)(C)O2)c1C. The maximum atomic E-state index is 5.89. The van der Waals surface area contributed by atoms with E-state index in [0.29, 0.717) is 0 Å². The van der Waals surface area contributed by atoms with E-state index >= 15 is 0 Å². The first kappa shape index (κ1) is 13.4. The van der Waals surface area contributed by atoms with Crippen LogP contribution in [0.1, 0.15) is 44.6 Å². The van der Waals surface area contributed by atoms with E-state index in [1.54, 1.807) is 0 Å². The van der Waals surface area contributed by atoms with Crippen molar-refractivity contribution in [3.05, 3.63) is 22.9 Å². The molecule has 1 saturated heterocycles. The largest absolute Gasteiger partial charge is 0.487 e. The van der Waals surface area contributed by atoms with E-state index < -0.39 is 0 Å². The number of aromatic nitrogens is 2. The van der Waals surface area contributed by atoms with Gasteiger partial charge in [0, 0.05) is 5.69 Å². The van der Waals surface area contributed by atoms with Crippen LogP contribution in [0.25, 0.3) is 6.08 Å². The van der Waals surface area contributed by atoms with Crippen LogP contribution in [0.5, 0.6) is 0 Å². The summed E-state index contributed by atoms with van der Waals surface area (Å²) in [5, 5.41) is 7.19. The zero-order valence-electron chi connectivity index (χ0n) is 12.0. The van der Waals surface area contributed by atoms with Crippen molar-refractivity contribution in [2.45, 2.75) is 52.7 Å². The number of H-pyrrole nitrogens is 1. The molecule has 0 radical (unpaired) electrons. The lowest BCUT2D eigenvalue weighted by Gasteiger charge is -2.32. The summed E-state index contributed by atoms with van der Waals surface area (Å²) in [5.74, 6) is 1.92. The van der Waals surface area contributed by atoms with Crippen molar-refractivity contribution < 1.29 is 9.31 Å². The van der Waals surface area contributed by atoms with E-state index in [1.165, 1.54) is 0 Å². The van der Waals surface area contributed by atoms with Crippen LogP contribution in [-0.4, -0.2) is 28.5 Å². The van der Waals surface area contributed by atoms with Crippen molar-refractivity contribution >= 4 is 13.2 Å². The molecule has 1 fully saturated rings. The average Bonchev–Trinajstić information content (AvgIpc) is 2.65. The van der Waals surface area contributed by atoms with Crippen molar-refractivity contribution in [2.75, 3.05) is 0 Å². The topological polar surface area (TPSA) is 47.1 Å². The summed E-state index contributed by atoms with van der Waals surface area (Å²) in [6.07, 6.45) is 1.95. The first-order valence-electron chi connectivity index (χ1n) is 6.28. The van der Waals surface area contributed by atoms with E-state index in [4.69, 9.17) is 9.31 Å². The van der Waals surface area contributed by atoms with Gasteiger partial charge in [-0.1, -0.05) is 5.98 Å². The van der Waals surface area contributed by atoms with E-state index in [1.807, 2.05) is 53.6 Å². The highest BCUT2D eigenvalue weighted by Crippen LogP contribution is 2.37. The molecule has 0 saturated carbocycles. The normalized spacial score (nSPS) is 22.0. The smallest absolute Gasteiger partial charge is 0.400 e. The molecule has 0 aromatic carbocycles. The number of nitrogens with zero attached hydrogens (tertiary/aromatic N) is 1. The second kappa shape index (κ2) is 4.25. The molecular formula is C13H21BN2O2. The quantitative estimate of drug-likeness (QED) is 0.818. The summed E-state index contributed by atoms with van der Waals surface area (Å²) in [4.78, 5) is 0. The van der Waals surface area contributed by atoms with Gasteiger partial charge in [0.15, 0.2) is 0 Å². The van der Waals surface area contributed by atoms with Crippen LogP contribution in [0.4, 0.5) is 0 Å². The third-order valence-corrected chi connectivity index (χ3v) is 3.97. The standard InChI is InChI=1S/C13H21BN2O2/c1-9-10(2)15-16-11(9)7-8-14-17-12(3,4)13(5,6)18-14/h7-8H,1-6H3,(H,15,16)/b8-7+. The molecule has 98 valence electrons. The predicted molar refractivity (Wildman–Crippen MR) is 73.2 cm³/mol. The minimum Gasteiger partial charge on any atom is -0.400 e. The molecule has 1 aromatic heterocycles. The molecule has 5 heteroatoms. The van der Waals surface area contributed by atoms with Gasteiger partial charge in [0.05, 0.1) is 16.9 Å². The fraction of sp³-hybridized carbons (Fsp3) is 0.615. The molecule has 18 heavy (non-hydrogen) atoms. The van der Waals surface area contributed by atoms with Gasteiger partial charge in [0.25, 0.3) is 0 Å². The molecule has 0 unspecified atom stereocenters. The molecule has 1 aromatic rings. The molecule has 4 nitrogen and oxygen atoms in total. The number of aryl methyl sites for hydroxylation is 1. The molecule has 0 amide bonds. The molecule has 1 aliphatic rings. The van der Waals surface area contributed by atoms with Crippen molar-refractivity contribution in [3.63, 3.8) is 0 Å². The number of rotatable bonds is 2. The fourth-order valence-electron chi connectivity index (χ4n) is 1.80. The second-order valence-corrected chi connectivity index (χ2v) is 5.84. The molecule has 0 spiro atoms. The van der Waals surface area contributed by atoms with Crippen molar-refractivity contribution in [3.8, 4) is 0 Å². The Labute approximate surface area is 109 Å². The van der Waals surface area contributed by atoms with E-state index in [0.717, 1.165) is 17.0 Å². The summed E-state index contributed by atoms with van der Waals surface area (Å²) in [5.41, 5.74) is 2.59. The number of hydrogen-bond acceptors (Lipinski definition) is 3. The Kier molecular flexibility index (Phi) is 3.15. The monoisotopic (exact) mass is 248 g/mol. The Morgan fingerprint density at radius 3 is 2.11 bits per heavy atom. The molecular weight excluding hydrogens is 227 g/mol. The average molecular weight is 248 g/mol. The molecule has 0 bridgehead atoms. The van der Waals surface area contributed by atoms with Crippen LogP contribution in [0.15, 0.2) is 5.98 Å². The van der Waals surface area contributed by atoms with Crippen LogP contribution in [0.3, 0.4) is 0 Å². The lowest BCUT2D eigenvalue weighted by molar-refractivity contribution is 0.00578. The molecule has 1 N–H and O–H groups in total. The number of hydrogen-bond donors (Lipinski definition) is 1. The van der Waals surface area contributed by atoms with Gasteiger partial charge in [-0.05, 0) is 53.2 Å². The summed E-state index contributed by atoms with van der Waals surface area (Å²) in [6.45, 7) is 12.2. The van der Waals surface area contributed by atoms with Crippen molar-refractivity contribution in [2.24, 2.45) is 0 Å². The summed E-state index contributed by atoms with van der Waals surface area (Å²) in [6, 6.07) is 0. The van der Waals surface area contributed by atoms with E-state index in [2.05, 4.69) is 10.2 Å². The van der Waals surface area contributed by atoms with Gasteiger partial charge in [-0.15, -0.1) is 0 Å². The lowest BCUT2D eigenvalue weighted by Crippen LogP contribution is -2.41. The van der Waals surface area contributed by atoms with Crippen LogP contribution in [0.2, 0.25) is 0 Å². The number of aromatic amines is 1. The Hall–Kier alpha value is -1.07. The molecule has 0 aliphatic carbocycles. The van der Waals surface area contributed by atoms with Crippen molar-refractivity contribution in [1.82, 2.24) is 10.2 Å². The summed E-state index contributed by atoms with van der Waals surface area (Å²) in [7, 11) is -0.314. The molecule has 0 atom stereocenters. The van der Waals surface area contributed by atoms with Gasteiger partial charge in [0.2, 0.25) is 0 Å².